The molecule has 1 saturated heterocycles. The van der Waals surface area contributed by atoms with Crippen molar-refractivity contribution in [2.24, 2.45) is 5.92 Å². The molecule has 7 heteroatoms. The Morgan fingerprint density at radius 2 is 2.00 bits per heavy atom. The molecular formula is C13H15NO5S. The molecule has 1 aliphatic heterocycles. The molecule has 6 nitrogen and oxygen atoms in total. The fourth-order valence-electron chi connectivity index (χ4n) is 2.28. The Morgan fingerprint density at radius 3 is 2.60 bits per heavy atom. The van der Waals surface area contributed by atoms with E-state index < -0.39 is 15.8 Å². The lowest BCUT2D eigenvalue weighted by Gasteiger charge is -2.10. The van der Waals surface area contributed by atoms with Gasteiger partial charge in [0.15, 0.2) is 9.84 Å². The second kappa shape index (κ2) is 5.62. The highest BCUT2D eigenvalue weighted by Gasteiger charge is 2.29. The summed E-state index contributed by atoms with van der Waals surface area (Å²) in [5.41, 5.74) is 0.241. The number of anilines is 1. The zero-order chi connectivity index (χ0) is 14.8. The van der Waals surface area contributed by atoms with Gasteiger partial charge in [-0.3, -0.25) is 4.79 Å². The smallest absolute Gasteiger partial charge is 0.337 e. The van der Waals surface area contributed by atoms with Crippen LogP contribution in [-0.2, 0) is 14.6 Å². The molecule has 0 aromatic heterocycles. The van der Waals surface area contributed by atoms with Crippen molar-refractivity contribution >= 4 is 27.4 Å². The second-order valence-electron chi connectivity index (χ2n) is 4.87. The number of carboxylic acid groups (broad SMARTS) is 1. The van der Waals surface area contributed by atoms with Gasteiger partial charge >= 0.3 is 5.97 Å². The number of aromatic carboxylic acids is 1. The molecule has 0 spiro atoms. The fourth-order valence-corrected chi connectivity index (χ4v) is 4.14. The predicted octanol–water partition coefficient (Wildman–Crippen LogP) is 1.15. The van der Waals surface area contributed by atoms with E-state index in [4.69, 9.17) is 5.11 Å². The number of carboxylic acids is 1. The lowest BCUT2D eigenvalue weighted by atomic mass is 10.0. The first-order valence-electron chi connectivity index (χ1n) is 6.20. The minimum atomic E-state index is -3.01. The lowest BCUT2D eigenvalue weighted by molar-refractivity contribution is -0.116. The van der Waals surface area contributed by atoms with Gasteiger partial charge in [0, 0.05) is 6.42 Å². The van der Waals surface area contributed by atoms with Crippen molar-refractivity contribution < 1.29 is 23.1 Å². The van der Waals surface area contributed by atoms with Crippen LogP contribution in [-0.4, -0.2) is 36.9 Å². The number of carbonyl (C=O) groups excluding carboxylic acids is 1. The first kappa shape index (κ1) is 14.5. The summed E-state index contributed by atoms with van der Waals surface area (Å²) in [6, 6.07) is 6.11. The summed E-state index contributed by atoms with van der Waals surface area (Å²) < 4.78 is 22.6. The average Bonchev–Trinajstić information content (AvgIpc) is 2.68. The zero-order valence-electron chi connectivity index (χ0n) is 10.7. The number of amides is 1. The van der Waals surface area contributed by atoms with Crippen molar-refractivity contribution in [3.05, 3.63) is 29.8 Å². The largest absolute Gasteiger partial charge is 0.478 e. The lowest BCUT2D eigenvalue weighted by Crippen LogP contribution is -2.18. The monoisotopic (exact) mass is 297 g/mol. The number of para-hydroxylation sites is 1. The summed E-state index contributed by atoms with van der Waals surface area (Å²) in [5, 5.41) is 11.5. The van der Waals surface area contributed by atoms with E-state index in [9.17, 15) is 18.0 Å². The van der Waals surface area contributed by atoms with Crippen molar-refractivity contribution in [1.29, 1.82) is 0 Å². The summed E-state index contributed by atoms with van der Waals surface area (Å²) >= 11 is 0. The number of hydrogen-bond acceptors (Lipinski definition) is 4. The van der Waals surface area contributed by atoms with Crippen LogP contribution in [0, 0.1) is 5.92 Å². The van der Waals surface area contributed by atoms with Crippen LogP contribution < -0.4 is 5.32 Å². The minimum Gasteiger partial charge on any atom is -0.478 e. The normalized spacial score (nSPS) is 20.5. The van der Waals surface area contributed by atoms with E-state index in [0.29, 0.717) is 6.42 Å². The van der Waals surface area contributed by atoms with Crippen LogP contribution in [0.5, 0.6) is 0 Å². The van der Waals surface area contributed by atoms with E-state index in [-0.39, 0.29) is 41.0 Å². The molecule has 1 atom stereocenters. The number of carbonyl (C=O) groups is 2. The maximum Gasteiger partial charge on any atom is 0.337 e. The maximum atomic E-state index is 11.9. The molecule has 0 aliphatic carbocycles. The van der Waals surface area contributed by atoms with Crippen LogP contribution in [0.2, 0.25) is 0 Å². The van der Waals surface area contributed by atoms with Crippen LogP contribution in [0.25, 0.3) is 0 Å². The van der Waals surface area contributed by atoms with Crippen molar-refractivity contribution in [2.75, 3.05) is 16.8 Å². The van der Waals surface area contributed by atoms with Gasteiger partial charge in [0.05, 0.1) is 22.8 Å². The predicted molar refractivity (Wildman–Crippen MR) is 73.4 cm³/mol. The van der Waals surface area contributed by atoms with Crippen molar-refractivity contribution in [3.8, 4) is 0 Å². The topological polar surface area (TPSA) is 101 Å². The Hall–Kier alpha value is -1.89. The molecule has 1 aromatic carbocycles. The van der Waals surface area contributed by atoms with Gasteiger partial charge in [0.25, 0.3) is 0 Å². The molecule has 0 unspecified atom stereocenters. The third-order valence-corrected chi connectivity index (χ3v) is 5.07. The Labute approximate surface area is 116 Å². The quantitative estimate of drug-likeness (QED) is 0.868. The van der Waals surface area contributed by atoms with Crippen LogP contribution in [0.1, 0.15) is 23.2 Å². The third kappa shape index (κ3) is 3.57. The van der Waals surface area contributed by atoms with Gasteiger partial charge in [-0.1, -0.05) is 12.1 Å². The highest BCUT2D eigenvalue weighted by molar-refractivity contribution is 7.91. The van der Waals surface area contributed by atoms with Crippen molar-refractivity contribution in [1.82, 2.24) is 0 Å². The first-order chi connectivity index (χ1) is 9.37. The molecule has 1 aromatic rings. The molecule has 0 saturated carbocycles. The van der Waals surface area contributed by atoms with Crippen molar-refractivity contribution in [2.45, 2.75) is 12.8 Å². The minimum absolute atomic E-state index is 0.0138. The van der Waals surface area contributed by atoms with Gasteiger partial charge in [-0.25, -0.2) is 13.2 Å². The highest BCUT2D eigenvalue weighted by Crippen LogP contribution is 2.23. The maximum absolute atomic E-state index is 11.9. The van der Waals surface area contributed by atoms with Crippen LogP contribution in [0.3, 0.4) is 0 Å². The second-order valence-corrected chi connectivity index (χ2v) is 7.10. The molecule has 2 N–H and O–H groups in total. The number of hydrogen-bond donors (Lipinski definition) is 2. The molecule has 1 heterocycles. The van der Waals surface area contributed by atoms with E-state index in [2.05, 4.69) is 5.32 Å². The Kier molecular flexibility index (Phi) is 4.08. The molecule has 108 valence electrons. The third-order valence-electron chi connectivity index (χ3n) is 3.23. The summed E-state index contributed by atoms with van der Waals surface area (Å²) in [5.74, 6) is -1.51. The van der Waals surface area contributed by atoms with Gasteiger partial charge < -0.3 is 10.4 Å². The van der Waals surface area contributed by atoms with E-state index in [0.717, 1.165) is 0 Å². The summed E-state index contributed by atoms with van der Waals surface area (Å²) in [4.78, 5) is 22.9. The summed E-state index contributed by atoms with van der Waals surface area (Å²) in [6.07, 6.45) is 0.573. The molecule has 0 radical (unpaired) electrons. The molecule has 2 rings (SSSR count). The van der Waals surface area contributed by atoms with Crippen LogP contribution in [0.4, 0.5) is 5.69 Å². The molecule has 0 bridgehead atoms. The van der Waals surface area contributed by atoms with Crippen LogP contribution in [0.15, 0.2) is 24.3 Å². The van der Waals surface area contributed by atoms with Gasteiger partial charge in [-0.05, 0) is 24.5 Å². The Bertz CT molecular complexity index is 638. The molecule has 1 amide bonds. The van der Waals surface area contributed by atoms with Gasteiger partial charge in [0.2, 0.25) is 5.91 Å². The number of benzene rings is 1. The van der Waals surface area contributed by atoms with E-state index in [1.807, 2.05) is 0 Å². The molecule has 1 aliphatic rings. The van der Waals surface area contributed by atoms with Gasteiger partial charge in [-0.2, -0.15) is 0 Å². The molecular weight excluding hydrogens is 282 g/mol. The van der Waals surface area contributed by atoms with Gasteiger partial charge in [-0.15, -0.1) is 0 Å². The number of nitrogens with one attached hydrogen (secondary N) is 1. The zero-order valence-corrected chi connectivity index (χ0v) is 11.5. The molecule has 20 heavy (non-hydrogen) atoms. The van der Waals surface area contributed by atoms with E-state index in [1.54, 1.807) is 12.1 Å². The van der Waals surface area contributed by atoms with Gasteiger partial charge in [0.1, 0.15) is 0 Å². The summed E-state index contributed by atoms with van der Waals surface area (Å²) in [6.45, 7) is 0. The summed E-state index contributed by atoms with van der Waals surface area (Å²) in [7, 11) is -3.01. The Balaban J connectivity index is 2.01. The average molecular weight is 297 g/mol. The Morgan fingerprint density at radius 1 is 1.30 bits per heavy atom. The highest BCUT2D eigenvalue weighted by atomic mass is 32.2. The molecule has 1 fully saturated rings. The van der Waals surface area contributed by atoms with Crippen molar-refractivity contribution in [3.63, 3.8) is 0 Å². The number of rotatable bonds is 4. The standard InChI is InChI=1S/C13H15NO5S/c15-12(7-9-5-6-20(18,19)8-9)14-11-4-2-1-3-10(11)13(16)17/h1-4,9H,5-8H2,(H,14,15)(H,16,17)/t9-/m0/s1. The fraction of sp³-hybridized carbons (Fsp3) is 0.385. The SMILES string of the molecule is O=C(C[C@@H]1CCS(=O)(=O)C1)Nc1ccccc1C(=O)O. The first-order valence-corrected chi connectivity index (χ1v) is 8.02. The van der Waals surface area contributed by atoms with E-state index >= 15 is 0 Å². The van der Waals surface area contributed by atoms with E-state index in [1.165, 1.54) is 12.1 Å². The van der Waals surface area contributed by atoms with Crippen LogP contribution >= 0.6 is 0 Å². The number of sulfone groups is 1.